The van der Waals surface area contributed by atoms with Crippen LogP contribution in [0.25, 0.3) is 10.8 Å². The molecular formula is C22H21ClN2O2. The van der Waals surface area contributed by atoms with Crippen molar-refractivity contribution in [3.8, 4) is 5.75 Å². The summed E-state index contributed by atoms with van der Waals surface area (Å²) >= 11 is 6.25. The predicted molar refractivity (Wildman–Crippen MR) is 111 cm³/mol. The van der Waals surface area contributed by atoms with Gasteiger partial charge in [0.2, 0.25) is 0 Å². The van der Waals surface area contributed by atoms with Gasteiger partial charge in [0.1, 0.15) is 5.75 Å². The van der Waals surface area contributed by atoms with Gasteiger partial charge in [-0.3, -0.25) is 4.79 Å². The predicted octanol–water partition coefficient (Wildman–Crippen LogP) is 5.43. The largest absolute Gasteiger partial charge is 0.489 e. The smallest absolute Gasteiger partial charge is 0.271 e. The molecule has 27 heavy (non-hydrogen) atoms. The first-order chi connectivity index (χ1) is 13.1. The van der Waals surface area contributed by atoms with Gasteiger partial charge in [-0.2, -0.15) is 5.10 Å². The molecule has 0 radical (unpaired) electrons. The molecule has 0 fully saturated rings. The van der Waals surface area contributed by atoms with Gasteiger partial charge < -0.3 is 4.74 Å². The minimum absolute atomic E-state index is 0.100. The lowest BCUT2D eigenvalue weighted by molar-refractivity contribution is 0.0955. The number of ether oxygens (including phenoxy) is 1. The number of carbonyl (C=O) groups excluding carboxylic acids is 1. The van der Waals surface area contributed by atoms with E-state index in [1.165, 1.54) is 0 Å². The van der Waals surface area contributed by atoms with E-state index < -0.39 is 0 Å². The van der Waals surface area contributed by atoms with Crippen molar-refractivity contribution in [2.75, 3.05) is 0 Å². The molecule has 1 N–H and O–H groups in total. The van der Waals surface area contributed by atoms with E-state index in [9.17, 15) is 4.79 Å². The van der Waals surface area contributed by atoms with Gasteiger partial charge in [-0.25, -0.2) is 5.43 Å². The van der Waals surface area contributed by atoms with Crippen LogP contribution in [0.1, 0.15) is 36.2 Å². The normalized spacial score (nSPS) is 12.3. The number of nitrogens with one attached hydrogen (secondary N) is 1. The lowest BCUT2D eigenvalue weighted by Crippen LogP contribution is -2.17. The molecule has 0 unspecified atom stereocenters. The highest BCUT2D eigenvalue weighted by Gasteiger charge is 2.07. The molecule has 1 amide bonds. The Labute approximate surface area is 163 Å². The topological polar surface area (TPSA) is 50.7 Å². The SMILES string of the molecule is CC[C@@H](C)Oc1ccc(/C=N\NC(=O)c2ccc3ccccc3c2)cc1Cl. The Morgan fingerprint density at radius 1 is 1.15 bits per heavy atom. The summed E-state index contributed by atoms with van der Waals surface area (Å²) in [5.74, 6) is 0.378. The van der Waals surface area contributed by atoms with Gasteiger partial charge in [0.05, 0.1) is 17.3 Å². The van der Waals surface area contributed by atoms with E-state index in [4.69, 9.17) is 16.3 Å². The van der Waals surface area contributed by atoms with Gasteiger partial charge in [-0.1, -0.05) is 48.9 Å². The molecule has 0 saturated carbocycles. The molecule has 0 spiro atoms. The maximum absolute atomic E-state index is 12.3. The van der Waals surface area contributed by atoms with E-state index in [0.717, 1.165) is 22.8 Å². The van der Waals surface area contributed by atoms with Crippen LogP contribution in [0.5, 0.6) is 5.75 Å². The molecule has 0 aliphatic carbocycles. The number of benzene rings is 3. The van der Waals surface area contributed by atoms with Crippen LogP contribution in [0.4, 0.5) is 0 Å². The molecule has 1 atom stereocenters. The van der Waals surface area contributed by atoms with Crippen molar-refractivity contribution in [3.63, 3.8) is 0 Å². The quantitative estimate of drug-likeness (QED) is 0.457. The zero-order valence-corrected chi connectivity index (χ0v) is 16.0. The van der Waals surface area contributed by atoms with Gasteiger partial charge >= 0.3 is 0 Å². The van der Waals surface area contributed by atoms with Crippen LogP contribution in [0.15, 0.2) is 65.8 Å². The van der Waals surface area contributed by atoms with Crippen molar-refractivity contribution in [3.05, 3.63) is 76.8 Å². The molecule has 0 bridgehead atoms. The fourth-order valence-corrected chi connectivity index (χ4v) is 2.79. The minimum Gasteiger partial charge on any atom is -0.489 e. The van der Waals surface area contributed by atoms with Crippen molar-refractivity contribution < 1.29 is 9.53 Å². The minimum atomic E-state index is -0.264. The third-order valence-corrected chi connectivity index (χ3v) is 4.55. The standard InChI is InChI=1S/C22H21ClN2O2/c1-3-15(2)27-21-11-8-16(12-20(21)23)14-24-25-22(26)19-10-9-17-6-4-5-7-18(17)13-19/h4-15H,3H2,1-2H3,(H,25,26)/b24-14-/t15-/m1/s1. The average Bonchev–Trinajstić information content (AvgIpc) is 2.69. The second kappa shape index (κ2) is 8.69. The van der Waals surface area contributed by atoms with E-state index in [2.05, 4.69) is 17.5 Å². The van der Waals surface area contributed by atoms with Gasteiger partial charge in [-0.05, 0) is 60.0 Å². The van der Waals surface area contributed by atoms with Gasteiger partial charge in [-0.15, -0.1) is 0 Å². The number of nitrogens with zero attached hydrogens (tertiary/aromatic N) is 1. The third-order valence-electron chi connectivity index (χ3n) is 4.25. The lowest BCUT2D eigenvalue weighted by Gasteiger charge is -2.13. The summed E-state index contributed by atoms with van der Waals surface area (Å²) in [4.78, 5) is 12.3. The summed E-state index contributed by atoms with van der Waals surface area (Å²) < 4.78 is 5.74. The molecule has 0 aliphatic rings. The van der Waals surface area contributed by atoms with Crippen molar-refractivity contribution in [1.29, 1.82) is 0 Å². The highest BCUT2D eigenvalue weighted by atomic mass is 35.5. The van der Waals surface area contributed by atoms with Crippen LogP contribution in [0.3, 0.4) is 0 Å². The molecule has 3 rings (SSSR count). The molecule has 0 aromatic heterocycles. The van der Waals surface area contributed by atoms with Gasteiger partial charge in [0.15, 0.2) is 0 Å². The number of halogens is 1. The molecule has 3 aromatic carbocycles. The molecule has 3 aromatic rings. The van der Waals surface area contributed by atoms with Crippen molar-refractivity contribution in [2.24, 2.45) is 5.10 Å². The van der Waals surface area contributed by atoms with Crippen LogP contribution in [0, 0.1) is 0 Å². The summed E-state index contributed by atoms with van der Waals surface area (Å²) in [6.07, 6.45) is 2.56. The van der Waals surface area contributed by atoms with E-state index in [1.54, 1.807) is 24.4 Å². The number of fused-ring (bicyclic) bond motifs is 1. The van der Waals surface area contributed by atoms with Gasteiger partial charge in [0, 0.05) is 5.56 Å². The van der Waals surface area contributed by atoms with Crippen LogP contribution in [-0.2, 0) is 0 Å². The fraction of sp³-hybridized carbons (Fsp3) is 0.182. The number of hydrogen-bond acceptors (Lipinski definition) is 3. The van der Waals surface area contributed by atoms with Crippen molar-refractivity contribution in [2.45, 2.75) is 26.4 Å². The first-order valence-electron chi connectivity index (χ1n) is 8.85. The number of carbonyl (C=O) groups is 1. The molecular weight excluding hydrogens is 360 g/mol. The zero-order valence-electron chi connectivity index (χ0n) is 15.3. The summed E-state index contributed by atoms with van der Waals surface area (Å²) in [5.41, 5.74) is 3.87. The van der Waals surface area contributed by atoms with Crippen LogP contribution in [0.2, 0.25) is 5.02 Å². The molecule has 138 valence electrons. The van der Waals surface area contributed by atoms with E-state index in [0.29, 0.717) is 16.3 Å². The summed E-state index contributed by atoms with van der Waals surface area (Å²) in [6.45, 7) is 4.05. The fourth-order valence-electron chi connectivity index (χ4n) is 2.55. The average molecular weight is 381 g/mol. The molecule has 0 saturated heterocycles. The number of hydrazone groups is 1. The highest BCUT2D eigenvalue weighted by molar-refractivity contribution is 6.32. The van der Waals surface area contributed by atoms with Crippen LogP contribution < -0.4 is 10.2 Å². The maximum atomic E-state index is 12.3. The molecule has 0 heterocycles. The number of amides is 1. The molecule has 0 aliphatic heterocycles. The zero-order chi connectivity index (χ0) is 19.2. The van der Waals surface area contributed by atoms with Crippen molar-refractivity contribution >= 4 is 34.5 Å². The second-order valence-corrected chi connectivity index (χ2v) is 6.69. The molecule has 4 nitrogen and oxygen atoms in total. The van der Waals surface area contributed by atoms with Crippen molar-refractivity contribution in [1.82, 2.24) is 5.43 Å². The Bertz CT molecular complexity index is 985. The second-order valence-electron chi connectivity index (χ2n) is 6.29. The maximum Gasteiger partial charge on any atom is 0.271 e. The third kappa shape index (κ3) is 4.86. The van der Waals surface area contributed by atoms with E-state index in [1.807, 2.05) is 49.4 Å². The first kappa shape index (κ1) is 18.9. The highest BCUT2D eigenvalue weighted by Crippen LogP contribution is 2.26. The first-order valence-corrected chi connectivity index (χ1v) is 9.23. The Hall–Kier alpha value is -2.85. The Balaban J connectivity index is 1.65. The summed E-state index contributed by atoms with van der Waals surface area (Å²) in [7, 11) is 0. The monoisotopic (exact) mass is 380 g/mol. The van der Waals surface area contributed by atoms with Crippen LogP contribution in [-0.4, -0.2) is 18.2 Å². The van der Waals surface area contributed by atoms with E-state index in [-0.39, 0.29) is 12.0 Å². The van der Waals surface area contributed by atoms with Crippen LogP contribution >= 0.6 is 11.6 Å². The Kier molecular flexibility index (Phi) is 6.09. The Morgan fingerprint density at radius 2 is 1.93 bits per heavy atom. The Morgan fingerprint density at radius 3 is 2.67 bits per heavy atom. The number of rotatable bonds is 6. The summed E-state index contributed by atoms with van der Waals surface area (Å²) in [6, 6.07) is 18.8. The summed E-state index contributed by atoms with van der Waals surface area (Å²) in [5, 5.41) is 6.64. The van der Waals surface area contributed by atoms with Gasteiger partial charge in [0.25, 0.3) is 5.91 Å². The van der Waals surface area contributed by atoms with E-state index >= 15 is 0 Å². The lowest BCUT2D eigenvalue weighted by atomic mass is 10.1. The number of hydrogen-bond donors (Lipinski definition) is 1. The molecule has 5 heteroatoms.